The van der Waals surface area contributed by atoms with Crippen LogP contribution in [0.2, 0.25) is 5.22 Å². The molecule has 1 saturated heterocycles. The maximum atomic E-state index is 11.8. The lowest BCUT2D eigenvalue weighted by Crippen LogP contribution is -2.40. The van der Waals surface area contributed by atoms with Crippen molar-refractivity contribution < 1.29 is 13.9 Å². The predicted octanol–water partition coefficient (Wildman–Crippen LogP) is 2.48. The topological polar surface area (TPSA) is 51.5 Å². The molecule has 1 aromatic heterocycles. The first kappa shape index (κ1) is 12.5. The van der Waals surface area contributed by atoms with E-state index in [9.17, 15) is 4.79 Å². The van der Waals surface area contributed by atoms with Crippen LogP contribution < -0.4 is 5.32 Å². The number of carbonyl (C=O) groups is 1. The second kappa shape index (κ2) is 5.56. The van der Waals surface area contributed by atoms with Crippen molar-refractivity contribution in [3.05, 3.63) is 23.1 Å². The highest BCUT2D eigenvalue weighted by Gasteiger charge is 2.23. The second-order valence-corrected chi connectivity index (χ2v) is 4.69. The monoisotopic (exact) mass is 257 g/mol. The molecule has 1 N–H and O–H groups in total. The molecule has 1 atom stereocenters. The highest BCUT2D eigenvalue weighted by molar-refractivity contribution is 6.29. The molecule has 5 heteroatoms. The molecule has 1 fully saturated rings. The number of ether oxygens (including phenoxy) is 1. The van der Waals surface area contributed by atoms with Crippen LogP contribution >= 0.6 is 11.6 Å². The molecule has 4 nitrogen and oxygen atoms in total. The summed E-state index contributed by atoms with van der Waals surface area (Å²) >= 11 is 5.63. The fraction of sp³-hybridized carbons (Fsp3) is 0.583. The molecule has 94 valence electrons. The number of rotatable bonds is 3. The van der Waals surface area contributed by atoms with E-state index in [2.05, 4.69) is 5.32 Å². The molecule has 17 heavy (non-hydrogen) atoms. The third-order valence-corrected chi connectivity index (χ3v) is 3.33. The van der Waals surface area contributed by atoms with Crippen LogP contribution in [0.4, 0.5) is 0 Å². The van der Waals surface area contributed by atoms with Gasteiger partial charge in [-0.15, -0.1) is 0 Å². The lowest BCUT2D eigenvalue weighted by Gasteiger charge is -2.28. The Morgan fingerprint density at radius 3 is 2.76 bits per heavy atom. The smallest absolute Gasteiger partial charge is 0.287 e. The van der Waals surface area contributed by atoms with Gasteiger partial charge in [-0.3, -0.25) is 4.79 Å². The number of furan rings is 1. The van der Waals surface area contributed by atoms with Gasteiger partial charge in [-0.1, -0.05) is 0 Å². The largest absolute Gasteiger partial charge is 0.440 e. The van der Waals surface area contributed by atoms with Crippen molar-refractivity contribution in [1.82, 2.24) is 5.32 Å². The Bertz CT molecular complexity index is 385. The first-order valence-corrected chi connectivity index (χ1v) is 6.18. The maximum Gasteiger partial charge on any atom is 0.287 e. The first-order valence-electron chi connectivity index (χ1n) is 5.81. The van der Waals surface area contributed by atoms with Crippen LogP contribution in [-0.4, -0.2) is 25.2 Å². The highest BCUT2D eigenvalue weighted by Crippen LogP contribution is 2.19. The van der Waals surface area contributed by atoms with Gasteiger partial charge < -0.3 is 14.5 Å². The van der Waals surface area contributed by atoms with E-state index in [1.807, 2.05) is 6.92 Å². The Labute approximate surface area is 105 Å². The lowest BCUT2D eigenvalue weighted by atomic mass is 9.93. The average Bonchev–Trinajstić information content (AvgIpc) is 2.77. The minimum atomic E-state index is -0.212. The van der Waals surface area contributed by atoms with Gasteiger partial charge in [0.1, 0.15) is 0 Å². The summed E-state index contributed by atoms with van der Waals surface area (Å²) in [6, 6.07) is 3.26. The summed E-state index contributed by atoms with van der Waals surface area (Å²) in [5.74, 6) is 0.517. The van der Waals surface area contributed by atoms with E-state index in [-0.39, 0.29) is 22.9 Å². The summed E-state index contributed by atoms with van der Waals surface area (Å²) in [7, 11) is 0. The molecule has 1 amide bonds. The van der Waals surface area contributed by atoms with Gasteiger partial charge in [-0.25, -0.2) is 0 Å². The Hall–Kier alpha value is -1.00. The van der Waals surface area contributed by atoms with Gasteiger partial charge >= 0.3 is 0 Å². The van der Waals surface area contributed by atoms with Crippen LogP contribution in [0.15, 0.2) is 16.5 Å². The number of carbonyl (C=O) groups excluding carboxylic acids is 1. The lowest BCUT2D eigenvalue weighted by molar-refractivity contribution is 0.0534. The van der Waals surface area contributed by atoms with Crippen molar-refractivity contribution in [3.8, 4) is 0 Å². The fourth-order valence-electron chi connectivity index (χ4n) is 2.05. The standard InChI is InChI=1S/C12H16ClNO3/c1-8(9-4-6-16-7-5-9)14-12(15)10-2-3-11(13)17-10/h2-3,8-9H,4-7H2,1H3,(H,14,15). The number of halogens is 1. The zero-order chi connectivity index (χ0) is 12.3. The molecule has 1 aliphatic heterocycles. The number of hydrogen-bond acceptors (Lipinski definition) is 3. The van der Waals surface area contributed by atoms with Gasteiger partial charge in [-0.05, 0) is 49.4 Å². The molecule has 0 radical (unpaired) electrons. The molecule has 0 aromatic carbocycles. The Kier molecular flexibility index (Phi) is 4.07. The average molecular weight is 258 g/mol. The highest BCUT2D eigenvalue weighted by atomic mass is 35.5. The minimum absolute atomic E-state index is 0.121. The van der Waals surface area contributed by atoms with E-state index < -0.39 is 0 Å². The molecule has 1 aromatic rings. The van der Waals surface area contributed by atoms with Gasteiger partial charge in [-0.2, -0.15) is 0 Å². The molecular weight excluding hydrogens is 242 g/mol. The van der Waals surface area contributed by atoms with Crippen molar-refractivity contribution in [1.29, 1.82) is 0 Å². The van der Waals surface area contributed by atoms with E-state index in [4.69, 9.17) is 20.8 Å². The van der Waals surface area contributed by atoms with E-state index in [0.717, 1.165) is 26.1 Å². The Balaban J connectivity index is 1.89. The van der Waals surface area contributed by atoms with Crippen molar-refractivity contribution in [2.45, 2.75) is 25.8 Å². The zero-order valence-corrected chi connectivity index (χ0v) is 10.5. The van der Waals surface area contributed by atoms with Gasteiger partial charge in [0, 0.05) is 19.3 Å². The molecule has 0 bridgehead atoms. The summed E-state index contributed by atoms with van der Waals surface area (Å²) in [4.78, 5) is 11.8. The van der Waals surface area contributed by atoms with Crippen molar-refractivity contribution in [2.75, 3.05) is 13.2 Å². The zero-order valence-electron chi connectivity index (χ0n) is 9.74. The molecule has 2 rings (SSSR count). The van der Waals surface area contributed by atoms with Crippen LogP contribution in [-0.2, 0) is 4.74 Å². The van der Waals surface area contributed by atoms with Crippen molar-refractivity contribution >= 4 is 17.5 Å². The molecular formula is C12H16ClNO3. The van der Waals surface area contributed by atoms with Gasteiger partial charge in [0.25, 0.3) is 5.91 Å². The summed E-state index contributed by atoms with van der Waals surface area (Å²) < 4.78 is 10.4. The number of hydrogen-bond donors (Lipinski definition) is 1. The third kappa shape index (κ3) is 3.23. The predicted molar refractivity (Wildman–Crippen MR) is 64.2 cm³/mol. The van der Waals surface area contributed by atoms with Gasteiger partial charge in [0.15, 0.2) is 11.0 Å². The van der Waals surface area contributed by atoms with Crippen LogP contribution in [0.3, 0.4) is 0 Å². The molecule has 1 aliphatic rings. The summed E-state index contributed by atoms with van der Waals surface area (Å²) in [6.07, 6.45) is 1.97. The Morgan fingerprint density at radius 2 is 2.18 bits per heavy atom. The van der Waals surface area contributed by atoms with E-state index in [1.54, 1.807) is 12.1 Å². The van der Waals surface area contributed by atoms with Crippen LogP contribution in [0, 0.1) is 5.92 Å². The van der Waals surface area contributed by atoms with Crippen LogP contribution in [0.1, 0.15) is 30.3 Å². The second-order valence-electron chi connectivity index (χ2n) is 4.32. The Morgan fingerprint density at radius 1 is 1.47 bits per heavy atom. The fourth-order valence-corrected chi connectivity index (χ4v) is 2.19. The molecule has 2 heterocycles. The van der Waals surface area contributed by atoms with E-state index in [1.165, 1.54) is 0 Å². The molecule has 0 saturated carbocycles. The van der Waals surface area contributed by atoms with Gasteiger partial charge in [0.05, 0.1) is 0 Å². The minimum Gasteiger partial charge on any atom is -0.440 e. The quantitative estimate of drug-likeness (QED) is 0.905. The summed E-state index contributed by atoms with van der Waals surface area (Å²) in [6.45, 7) is 3.56. The van der Waals surface area contributed by atoms with E-state index in [0.29, 0.717) is 5.92 Å². The van der Waals surface area contributed by atoms with E-state index >= 15 is 0 Å². The third-order valence-electron chi connectivity index (χ3n) is 3.13. The van der Waals surface area contributed by atoms with Crippen molar-refractivity contribution in [3.63, 3.8) is 0 Å². The molecule has 0 spiro atoms. The van der Waals surface area contributed by atoms with Gasteiger partial charge in [0.2, 0.25) is 0 Å². The first-order chi connectivity index (χ1) is 8.16. The van der Waals surface area contributed by atoms with Crippen LogP contribution in [0.25, 0.3) is 0 Å². The normalized spacial score (nSPS) is 18.9. The van der Waals surface area contributed by atoms with Crippen molar-refractivity contribution in [2.24, 2.45) is 5.92 Å². The molecule has 0 aliphatic carbocycles. The van der Waals surface area contributed by atoms with Crippen LogP contribution in [0.5, 0.6) is 0 Å². The molecule has 1 unspecified atom stereocenters. The maximum absolute atomic E-state index is 11.8. The summed E-state index contributed by atoms with van der Waals surface area (Å²) in [5, 5.41) is 3.16. The summed E-state index contributed by atoms with van der Waals surface area (Å²) in [5.41, 5.74) is 0. The number of amides is 1. The SMILES string of the molecule is CC(NC(=O)c1ccc(Cl)o1)C1CCOCC1. The number of nitrogens with one attached hydrogen (secondary N) is 1.